The van der Waals surface area contributed by atoms with E-state index in [1.54, 1.807) is 4.90 Å². The van der Waals surface area contributed by atoms with Gasteiger partial charge in [-0.2, -0.15) is 0 Å². The highest BCUT2D eigenvalue weighted by atomic mass is 16.2. The van der Waals surface area contributed by atoms with Crippen LogP contribution in [0.15, 0.2) is 24.3 Å². The van der Waals surface area contributed by atoms with E-state index in [1.807, 2.05) is 32.2 Å². The van der Waals surface area contributed by atoms with Gasteiger partial charge in [-0.3, -0.25) is 4.79 Å². The van der Waals surface area contributed by atoms with Crippen LogP contribution in [0.4, 0.5) is 11.4 Å². The van der Waals surface area contributed by atoms with Crippen molar-refractivity contribution in [2.75, 3.05) is 11.9 Å². The molecule has 0 bridgehead atoms. The van der Waals surface area contributed by atoms with Crippen molar-refractivity contribution in [2.45, 2.75) is 39.7 Å². The molecule has 1 aliphatic heterocycles. The zero-order valence-corrected chi connectivity index (χ0v) is 12.7. The van der Waals surface area contributed by atoms with Crippen LogP contribution in [-0.4, -0.2) is 24.7 Å². The van der Waals surface area contributed by atoms with Gasteiger partial charge >= 0.3 is 0 Å². The molecule has 0 saturated heterocycles. The van der Waals surface area contributed by atoms with Crippen molar-refractivity contribution in [3.05, 3.63) is 24.3 Å². The van der Waals surface area contributed by atoms with Gasteiger partial charge in [0.15, 0.2) is 11.7 Å². The Morgan fingerprint density at radius 3 is 2.70 bits per heavy atom. The summed E-state index contributed by atoms with van der Waals surface area (Å²) in [5, 5.41) is 9.68. The second kappa shape index (κ2) is 5.37. The fourth-order valence-electron chi connectivity index (χ4n) is 2.74. The molecule has 1 aliphatic rings. The van der Waals surface area contributed by atoms with Gasteiger partial charge in [-0.15, -0.1) is 0 Å². The molecular weight excluding hydrogens is 250 g/mol. The van der Waals surface area contributed by atoms with Crippen LogP contribution in [0.1, 0.15) is 33.6 Å². The predicted octanol–water partition coefficient (Wildman–Crippen LogP) is 2.07. The molecule has 108 valence electrons. The Bertz CT molecular complexity index is 536. The average Bonchev–Trinajstić information content (AvgIpc) is 2.40. The standard InChI is InChI=1S/C16H23N3O/c1-11(17)9-10-16(2,3)14-15(20)19(4)13-8-6-5-7-12(13)18-14/h5-8,14,17-18H,9-10H2,1-4H3/p+1/t14-/m1/s1. The second-order valence-electron chi connectivity index (χ2n) is 6.37. The summed E-state index contributed by atoms with van der Waals surface area (Å²) in [7, 11) is 1.85. The second-order valence-corrected chi connectivity index (χ2v) is 6.37. The average molecular weight is 274 g/mol. The molecule has 3 N–H and O–H groups in total. The van der Waals surface area contributed by atoms with E-state index in [1.165, 1.54) is 0 Å². The highest BCUT2D eigenvalue weighted by molar-refractivity contribution is 6.00. The van der Waals surface area contributed by atoms with Crippen LogP contribution in [0.2, 0.25) is 0 Å². The maximum absolute atomic E-state index is 12.6. The number of likely N-dealkylation sites (N-methyl/N-ethyl adjacent to an activating group) is 1. The van der Waals surface area contributed by atoms with Gasteiger partial charge in [-0.25, -0.2) is 0 Å². The van der Waals surface area contributed by atoms with Gasteiger partial charge in [0.2, 0.25) is 0 Å². The number of benzene rings is 1. The molecule has 0 radical (unpaired) electrons. The van der Waals surface area contributed by atoms with Gasteiger partial charge in [0.25, 0.3) is 5.91 Å². The number of nitrogens with one attached hydrogen (secondary N) is 1. The van der Waals surface area contributed by atoms with E-state index in [9.17, 15) is 4.79 Å². The fraction of sp³-hybridized carbons (Fsp3) is 0.500. The molecule has 0 unspecified atom stereocenters. The van der Waals surface area contributed by atoms with Crippen LogP contribution in [0, 0.1) is 10.8 Å². The summed E-state index contributed by atoms with van der Waals surface area (Å²) in [6, 6.07) is 7.88. The number of carbonyl (C=O) groups is 1. The minimum Gasteiger partial charge on any atom is -0.310 e. The Morgan fingerprint density at radius 1 is 1.40 bits per heavy atom. The minimum atomic E-state index is -0.138. The molecule has 4 nitrogen and oxygen atoms in total. The van der Waals surface area contributed by atoms with Crippen molar-refractivity contribution in [1.29, 1.82) is 5.41 Å². The highest BCUT2D eigenvalue weighted by Gasteiger charge is 2.44. The monoisotopic (exact) mass is 274 g/mol. The molecule has 1 atom stereocenters. The lowest BCUT2D eigenvalue weighted by Crippen LogP contribution is -2.93. The largest absolute Gasteiger partial charge is 0.310 e. The van der Waals surface area contributed by atoms with Crippen molar-refractivity contribution < 1.29 is 10.1 Å². The molecule has 0 fully saturated rings. The van der Waals surface area contributed by atoms with Crippen molar-refractivity contribution >= 4 is 23.0 Å². The molecule has 4 heteroatoms. The van der Waals surface area contributed by atoms with E-state index in [4.69, 9.17) is 5.41 Å². The molecule has 0 spiro atoms. The zero-order valence-electron chi connectivity index (χ0n) is 12.7. The number of carbonyl (C=O) groups excluding carboxylic acids is 1. The molecule has 2 rings (SSSR count). The minimum absolute atomic E-state index is 0.123. The van der Waals surface area contributed by atoms with Gasteiger partial charge < -0.3 is 15.6 Å². The number of hydrogen-bond acceptors (Lipinski definition) is 2. The maximum Gasteiger partial charge on any atom is 0.286 e. The number of amides is 1. The number of para-hydroxylation sites is 2. The van der Waals surface area contributed by atoms with E-state index < -0.39 is 0 Å². The van der Waals surface area contributed by atoms with Crippen LogP contribution in [0.3, 0.4) is 0 Å². The Labute approximate surface area is 120 Å². The molecule has 1 aromatic rings. The lowest BCUT2D eigenvalue weighted by Gasteiger charge is -2.37. The smallest absolute Gasteiger partial charge is 0.286 e. The molecular formula is C16H24N3O+. The summed E-state index contributed by atoms with van der Waals surface area (Å²) >= 11 is 0. The van der Waals surface area contributed by atoms with Crippen molar-refractivity contribution in [3.8, 4) is 0 Å². The number of fused-ring (bicyclic) bond motifs is 1. The summed E-state index contributed by atoms with van der Waals surface area (Å²) < 4.78 is 0. The molecule has 0 aliphatic carbocycles. The third kappa shape index (κ3) is 2.75. The van der Waals surface area contributed by atoms with Gasteiger partial charge in [0, 0.05) is 24.2 Å². The van der Waals surface area contributed by atoms with E-state index >= 15 is 0 Å². The lowest BCUT2D eigenvalue weighted by molar-refractivity contribution is -0.612. The first-order chi connectivity index (χ1) is 9.33. The van der Waals surface area contributed by atoms with Crippen LogP contribution >= 0.6 is 0 Å². The number of rotatable bonds is 4. The lowest BCUT2D eigenvalue weighted by atomic mass is 9.78. The molecule has 1 aromatic carbocycles. The van der Waals surface area contributed by atoms with Crippen LogP contribution < -0.4 is 10.2 Å². The number of anilines is 1. The Morgan fingerprint density at radius 2 is 2.05 bits per heavy atom. The number of nitrogens with two attached hydrogens (primary N) is 1. The highest BCUT2D eigenvalue weighted by Crippen LogP contribution is 2.32. The van der Waals surface area contributed by atoms with E-state index in [2.05, 4.69) is 25.2 Å². The first kappa shape index (κ1) is 14.7. The third-order valence-corrected chi connectivity index (χ3v) is 4.23. The summed E-state index contributed by atoms with van der Waals surface area (Å²) in [6.07, 6.45) is 1.60. The molecule has 1 amide bonds. The Hall–Kier alpha value is -1.68. The van der Waals surface area contributed by atoms with Crippen LogP contribution in [0.25, 0.3) is 0 Å². The zero-order chi connectivity index (χ0) is 14.9. The molecule has 0 saturated carbocycles. The van der Waals surface area contributed by atoms with Gasteiger partial charge in [0.05, 0.1) is 0 Å². The van der Waals surface area contributed by atoms with Crippen LogP contribution in [0.5, 0.6) is 0 Å². The van der Waals surface area contributed by atoms with Gasteiger partial charge in [0.1, 0.15) is 5.69 Å². The quantitative estimate of drug-likeness (QED) is 0.641. The summed E-state index contributed by atoms with van der Waals surface area (Å²) in [6.45, 7) is 6.07. The van der Waals surface area contributed by atoms with E-state index in [-0.39, 0.29) is 17.4 Å². The fourth-order valence-corrected chi connectivity index (χ4v) is 2.74. The molecule has 1 heterocycles. The number of hydrogen-bond donors (Lipinski definition) is 2. The number of quaternary nitrogens is 1. The van der Waals surface area contributed by atoms with Gasteiger partial charge in [-0.1, -0.05) is 26.0 Å². The Balaban J connectivity index is 2.26. The molecule has 0 aromatic heterocycles. The predicted molar refractivity (Wildman–Crippen MR) is 81.6 cm³/mol. The van der Waals surface area contributed by atoms with Crippen molar-refractivity contribution in [1.82, 2.24) is 0 Å². The van der Waals surface area contributed by atoms with Crippen LogP contribution in [-0.2, 0) is 4.79 Å². The van der Waals surface area contributed by atoms with Crippen molar-refractivity contribution in [3.63, 3.8) is 0 Å². The van der Waals surface area contributed by atoms with Gasteiger partial charge in [-0.05, 0) is 25.8 Å². The summed E-state index contributed by atoms with van der Waals surface area (Å²) in [5.41, 5.74) is 2.64. The summed E-state index contributed by atoms with van der Waals surface area (Å²) in [5.74, 6) is 0.149. The maximum atomic E-state index is 12.6. The Kier molecular flexibility index (Phi) is 3.95. The first-order valence-electron chi connectivity index (χ1n) is 7.08. The SMILES string of the molecule is CC(=N)CCC(C)(C)[C@@H]1[NH2+]c2ccccc2N(C)C1=O. The number of nitrogens with zero attached hydrogens (tertiary/aromatic N) is 1. The van der Waals surface area contributed by atoms with E-state index in [0.29, 0.717) is 5.71 Å². The van der Waals surface area contributed by atoms with E-state index in [0.717, 1.165) is 24.2 Å². The topological polar surface area (TPSA) is 60.8 Å². The summed E-state index contributed by atoms with van der Waals surface area (Å²) in [4.78, 5) is 14.4. The van der Waals surface area contributed by atoms with Crippen molar-refractivity contribution in [2.24, 2.45) is 5.41 Å². The normalized spacial score (nSPS) is 18.9. The molecule has 20 heavy (non-hydrogen) atoms. The third-order valence-electron chi connectivity index (χ3n) is 4.23. The first-order valence-corrected chi connectivity index (χ1v) is 7.08.